The molecule has 3 rings (SSSR count). The van der Waals surface area contributed by atoms with Gasteiger partial charge in [0.2, 0.25) is 5.89 Å². The van der Waals surface area contributed by atoms with Crippen LogP contribution in [0.1, 0.15) is 31.6 Å². The van der Waals surface area contributed by atoms with Crippen molar-refractivity contribution >= 4 is 5.69 Å². The van der Waals surface area contributed by atoms with E-state index in [1.807, 2.05) is 19.1 Å². The van der Waals surface area contributed by atoms with Gasteiger partial charge in [-0.05, 0) is 31.2 Å². The number of nitrogens with zero attached hydrogens (tertiary/aromatic N) is 4. The van der Waals surface area contributed by atoms with Gasteiger partial charge in [0.05, 0.1) is 6.04 Å². The molecule has 1 aromatic carbocycles. The van der Waals surface area contributed by atoms with Gasteiger partial charge < -0.3 is 9.42 Å². The first-order chi connectivity index (χ1) is 10.7. The van der Waals surface area contributed by atoms with E-state index in [0.29, 0.717) is 5.89 Å². The van der Waals surface area contributed by atoms with Crippen LogP contribution < -0.4 is 4.90 Å². The highest BCUT2D eigenvalue weighted by Crippen LogP contribution is 2.23. The molecule has 2 aromatic rings. The fraction of sp³-hybridized carbons (Fsp3) is 0.500. The monoisotopic (exact) mass is 304 g/mol. The van der Waals surface area contributed by atoms with Crippen LogP contribution in [0.15, 0.2) is 28.8 Å². The van der Waals surface area contributed by atoms with Gasteiger partial charge in [-0.25, -0.2) is 4.39 Å². The first-order valence-electron chi connectivity index (χ1n) is 7.74. The molecule has 2 heterocycles. The quantitative estimate of drug-likeness (QED) is 0.869. The maximum atomic E-state index is 13.0. The predicted molar refractivity (Wildman–Crippen MR) is 82.3 cm³/mol. The molecule has 22 heavy (non-hydrogen) atoms. The number of anilines is 1. The van der Waals surface area contributed by atoms with Crippen LogP contribution in [-0.4, -0.2) is 41.2 Å². The molecule has 0 unspecified atom stereocenters. The summed E-state index contributed by atoms with van der Waals surface area (Å²) < 4.78 is 18.3. The van der Waals surface area contributed by atoms with Crippen molar-refractivity contribution in [1.29, 1.82) is 0 Å². The molecule has 118 valence electrons. The fourth-order valence-electron chi connectivity index (χ4n) is 2.76. The Bertz CT molecular complexity index is 605. The Morgan fingerprint density at radius 2 is 1.86 bits per heavy atom. The van der Waals surface area contributed by atoms with Crippen LogP contribution in [-0.2, 0) is 6.42 Å². The number of halogens is 1. The molecule has 0 saturated carbocycles. The van der Waals surface area contributed by atoms with E-state index in [1.165, 1.54) is 12.1 Å². The second-order valence-electron chi connectivity index (χ2n) is 5.58. The summed E-state index contributed by atoms with van der Waals surface area (Å²) in [7, 11) is 0. The van der Waals surface area contributed by atoms with E-state index in [-0.39, 0.29) is 11.9 Å². The molecular formula is C16H21FN4O. The molecule has 1 saturated heterocycles. The number of hydrogen-bond acceptors (Lipinski definition) is 5. The van der Waals surface area contributed by atoms with Crippen molar-refractivity contribution in [2.75, 3.05) is 31.1 Å². The van der Waals surface area contributed by atoms with E-state index in [1.54, 1.807) is 0 Å². The van der Waals surface area contributed by atoms with Crippen molar-refractivity contribution in [1.82, 2.24) is 15.0 Å². The third-order valence-electron chi connectivity index (χ3n) is 4.21. The summed E-state index contributed by atoms with van der Waals surface area (Å²) in [5.74, 6) is 1.25. The first-order valence-corrected chi connectivity index (χ1v) is 7.74. The molecule has 0 spiro atoms. The Morgan fingerprint density at radius 3 is 2.45 bits per heavy atom. The summed E-state index contributed by atoms with van der Waals surface area (Å²) in [5, 5.41) is 3.96. The normalized spacial score (nSPS) is 17.7. The number of aryl methyl sites for hydroxylation is 1. The first kappa shape index (κ1) is 15.0. The van der Waals surface area contributed by atoms with Crippen LogP contribution in [0.4, 0.5) is 10.1 Å². The van der Waals surface area contributed by atoms with Gasteiger partial charge >= 0.3 is 0 Å². The molecule has 0 radical (unpaired) electrons. The van der Waals surface area contributed by atoms with Crippen molar-refractivity contribution in [3.63, 3.8) is 0 Å². The summed E-state index contributed by atoms with van der Waals surface area (Å²) >= 11 is 0. The Morgan fingerprint density at radius 1 is 1.18 bits per heavy atom. The zero-order chi connectivity index (χ0) is 15.5. The van der Waals surface area contributed by atoms with Crippen LogP contribution in [0.3, 0.4) is 0 Å². The van der Waals surface area contributed by atoms with Gasteiger partial charge in [-0.15, -0.1) is 0 Å². The molecule has 5 nitrogen and oxygen atoms in total. The molecule has 0 N–H and O–H groups in total. The van der Waals surface area contributed by atoms with Crippen LogP contribution >= 0.6 is 0 Å². The van der Waals surface area contributed by atoms with Crippen molar-refractivity contribution in [2.45, 2.75) is 26.3 Å². The van der Waals surface area contributed by atoms with Gasteiger partial charge in [-0.1, -0.05) is 12.1 Å². The van der Waals surface area contributed by atoms with Gasteiger partial charge in [-0.3, -0.25) is 4.90 Å². The van der Waals surface area contributed by atoms with Gasteiger partial charge in [-0.2, -0.15) is 4.98 Å². The minimum atomic E-state index is -0.195. The molecule has 1 atom stereocenters. The lowest BCUT2D eigenvalue weighted by atomic mass is 10.2. The molecule has 6 heteroatoms. The molecule has 0 bridgehead atoms. The summed E-state index contributed by atoms with van der Waals surface area (Å²) in [4.78, 5) is 9.03. The standard InChI is InChI=1S/C16H21FN4O/c1-3-15-18-16(22-19-15)12(2)20-8-10-21(11-9-20)14-6-4-13(17)5-7-14/h4-7,12H,3,8-11H2,1-2H3/t12-/m0/s1. The minimum absolute atomic E-state index is 0.128. The van der Waals surface area contributed by atoms with Crippen LogP contribution in [0.25, 0.3) is 0 Å². The topological polar surface area (TPSA) is 45.4 Å². The smallest absolute Gasteiger partial charge is 0.243 e. The Balaban J connectivity index is 1.60. The number of aromatic nitrogens is 2. The third kappa shape index (κ3) is 3.11. The number of hydrogen-bond donors (Lipinski definition) is 0. The highest BCUT2D eigenvalue weighted by Gasteiger charge is 2.25. The molecule has 1 aliphatic heterocycles. The number of benzene rings is 1. The zero-order valence-corrected chi connectivity index (χ0v) is 13.0. The van der Waals surface area contributed by atoms with Crippen LogP contribution in [0, 0.1) is 5.82 Å². The SMILES string of the molecule is CCc1noc([C@H](C)N2CCN(c3ccc(F)cc3)CC2)n1. The highest BCUT2D eigenvalue weighted by molar-refractivity contribution is 5.46. The number of rotatable bonds is 4. The van der Waals surface area contributed by atoms with Gasteiger partial charge in [0.1, 0.15) is 5.82 Å². The molecule has 1 fully saturated rings. The zero-order valence-electron chi connectivity index (χ0n) is 13.0. The summed E-state index contributed by atoms with van der Waals surface area (Å²) in [5.41, 5.74) is 1.07. The summed E-state index contributed by atoms with van der Waals surface area (Å²) in [6, 6.07) is 6.81. The molecule has 0 amide bonds. The van der Waals surface area contributed by atoms with Gasteiger partial charge in [0, 0.05) is 38.3 Å². The maximum Gasteiger partial charge on any atom is 0.243 e. The maximum absolute atomic E-state index is 13.0. The van der Waals surface area contributed by atoms with E-state index >= 15 is 0 Å². The minimum Gasteiger partial charge on any atom is -0.369 e. The molecule has 1 aliphatic rings. The molecule has 1 aromatic heterocycles. The largest absolute Gasteiger partial charge is 0.369 e. The fourth-order valence-corrected chi connectivity index (χ4v) is 2.76. The summed E-state index contributed by atoms with van der Waals surface area (Å²) in [6.07, 6.45) is 0.786. The van der Waals surface area contributed by atoms with E-state index in [9.17, 15) is 4.39 Å². The average molecular weight is 304 g/mol. The van der Waals surface area contributed by atoms with E-state index < -0.39 is 0 Å². The lowest BCUT2D eigenvalue weighted by Gasteiger charge is -2.38. The van der Waals surface area contributed by atoms with Crippen molar-refractivity contribution < 1.29 is 8.91 Å². The summed E-state index contributed by atoms with van der Waals surface area (Å²) in [6.45, 7) is 7.77. The highest BCUT2D eigenvalue weighted by atomic mass is 19.1. The van der Waals surface area contributed by atoms with Crippen LogP contribution in [0.2, 0.25) is 0 Å². The van der Waals surface area contributed by atoms with Crippen molar-refractivity contribution in [3.8, 4) is 0 Å². The Kier molecular flexibility index (Phi) is 4.38. The average Bonchev–Trinajstić information content (AvgIpc) is 3.04. The van der Waals surface area contributed by atoms with E-state index in [4.69, 9.17) is 4.52 Å². The second kappa shape index (κ2) is 6.44. The number of piperazine rings is 1. The lowest BCUT2D eigenvalue weighted by Crippen LogP contribution is -2.47. The van der Waals surface area contributed by atoms with E-state index in [2.05, 4.69) is 26.9 Å². The van der Waals surface area contributed by atoms with Crippen LogP contribution in [0.5, 0.6) is 0 Å². The van der Waals surface area contributed by atoms with Gasteiger partial charge in [0.15, 0.2) is 5.82 Å². The Labute approximate surface area is 129 Å². The second-order valence-corrected chi connectivity index (χ2v) is 5.58. The molecular weight excluding hydrogens is 283 g/mol. The van der Waals surface area contributed by atoms with E-state index in [0.717, 1.165) is 44.1 Å². The lowest BCUT2D eigenvalue weighted by molar-refractivity contribution is 0.164. The molecule has 0 aliphatic carbocycles. The Hall–Kier alpha value is -1.95. The predicted octanol–water partition coefficient (Wildman–Crippen LogP) is 2.65. The van der Waals surface area contributed by atoms with Crippen molar-refractivity contribution in [2.24, 2.45) is 0 Å². The van der Waals surface area contributed by atoms with Crippen molar-refractivity contribution in [3.05, 3.63) is 41.8 Å². The van der Waals surface area contributed by atoms with Gasteiger partial charge in [0.25, 0.3) is 0 Å². The third-order valence-corrected chi connectivity index (χ3v) is 4.21.